The van der Waals surface area contributed by atoms with Gasteiger partial charge in [0, 0.05) is 33.9 Å². The quantitative estimate of drug-likeness (QED) is 0.151. The number of para-hydroxylation sites is 2. The van der Waals surface area contributed by atoms with Crippen LogP contribution in [-0.2, 0) is 5.54 Å². The Labute approximate surface area is 289 Å². The second-order valence-electron chi connectivity index (χ2n) is 12.2. The van der Waals surface area contributed by atoms with E-state index in [4.69, 9.17) is 0 Å². The number of rotatable bonds is 11. The minimum atomic E-state index is -0.222. The molecule has 0 fully saturated rings. The Morgan fingerprint density at radius 3 is 1.54 bits per heavy atom. The first kappa shape index (κ1) is 31.2. The van der Waals surface area contributed by atoms with Gasteiger partial charge in [0.15, 0.2) is 0 Å². The molecule has 7 aromatic rings. The van der Waals surface area contributed by atoms with E-state index in [1.54, 1.807) is 11.3 Å². The fourth-order valence-corrected chi connectivity index (χ4v) is 7.64. The monoisotopic (exact) mass is 640 g/mol. The number of nitrogens with zero attached hydrogens (tertiary/aromatic N) is 1. The standard InChI is InChI=1S/C45H40N2S/c1-3-45(4-2,46-37-28-24-35(25-29-37)34-16-8-5-9-17-34)44-23-15-14-22-41(44)43-33-48-32-42(43)36-26-30-40(31-27-36)47(38-18-10-6-11-19-38)39-20-12-7-13-21-39/h5-33,46H,3-4H2,1-2H3. The van der Waals surface area contributed by atoms with Crippen molar-refractivity contribution in [2.24, 2.45) is 0 Å². The van der Waals surface area contributed by atoms with Gasteiger partial charge in [-0.3, -0.25) is 0 Å². The third-order valence-corrected chi connectivity index (χ3v) is 10.2. The van der Waals surface area contributed by atoms with Crippen molar-refractivity contribution < 1.29 is 0 Å². The Hall–Kier alpha value is -5.38. The van der Waals surface area contributed by atoms with Crippen molar-refractivity contribution >= 4 is 34.1 Å². The maximum Gasteiger partial charge on any atom is 0.0626 e. The lowest BCUT2D eigenvalue weighted by Crippen LogP contribution is -2.34. The number of anilines is 4. The van der Waals surface area contributed by atoms with E-state index in [9.17, 15) is 0 Å². The van der Waals surface area contributed by atoms with Crippen LogP contribution in [0.3, 0.4) is 0 Å². The van der Waals surface area contributed by atoms with Gasteiger partial charge in [0.1, 0.15) is 0 Å². The maximum absolute atomic E-state index is 4.00. The summed E-state index contributed by atoms with van der Waals surface area (Å²) in [6, 6.07) is 58.6. The number of hydrogen-bond donors (Lipinski definition) is 1. The summed E-state index contributed by atoms with van der Waals surface area (Å²) >= 11 is 1.77. The zero-order chi connectivity index (χ0) is 32.8. The fourth-order valence-electron chi connectivity index (χ4n) is 6.78. The molecule has 0 saturated carbocycles. The largest absolute Gasteiger partial charge is 0.376 e. The Balaban J connectivity index is 1.22. The Kier molecular flexibility index (Phi) is 9.22. The van der Waals surface area contributed by atoms with Gasteiger partial charge >= 0.3 is 0 Å². The highest BCUT2D eigenvalue weighted by Crippen LogP contribution is 2.44. The minimum Gasteiger partial charge on any atom is -0.376 e. The van der Waals surface area contributed by atoms with E-state index < -0.39 is 0 Å². The number of benzene rings is 6. The van der Waals surface area contributed by atoms with Crippen LogP contribution in [0.5, 0.6) is 0 Å². The highest BCUT2D eigenvalue weighted by Gasteiger charge is 2.31. The molecule has 7 rings (SSSR count). The molecule has 0 aliphatic heterocycles. The molecular formula is C45H40N2S. The van der Waals surface area contributed by atoms with Gasteiger partial charge in [-0.15, -0.1) is 0 Å². The lowest BCUT2D eigenvalue weighted by Gasteiger charge is -2.36. The molecule has 0 spiro atoms. The Morgan fingerprint density at radius 1 is 0.458 bits per heavy atom. The minimum absolute atomic E-state index is 0.222. The second kappa shape index (κ2) is 14.2. The van der Waals surface area contributed by atoms with E-state index >= 15 is 0 Å². The van der Waals surface area contributed by atoms with Crippen LogP contribution in [0.2, 0.25) is 0 Å². The lowest BCUT2D eigenvalue weighted by molar-refractivity contribution is 0.456. The van der Waals surface area contributed by atoms with Gasteiger partial charge in [-0.25, -0.2) is 0 Å². The molecular weight excluding hydrogens is 601 g/mol. The highest BCUT2D eigenvalue weighted by molar-refractivity contribution is 7.08. The molecule has 0 aliphatic rings. The van der Waals surface area contributed by atoms with Crippen molar-refractivity contribution in [3.63, 3.8) is 0 Å². The third kappa shape index (κ3) is 6.30. The summed E-state index contributed by atoms with van der Waals surface area (Å²) in [5.41, 5.74) is 13.1. The molecule has 1 N–H and O–H groups in total. The molecule has 0 radical (unpaired) electrons. The zero-order valence-corrected chi connectivity index (χ0v) is 28.3. The molecule has 0 saturated heterocycles. The molecule has 0 atom stereocenters. The first-order valence-corrected chi connectivity index (χ1v) is 17.7. The molecule has 236 valence electrons. The predicted molar refractivity (Wildman–Crippen MR) is 208 cm³/mol. The molecule has 3 heteroatoms. The van der Waals surface area contributed by atoms with Crippen molar-refractivity contribution in [2.45, 2.75) is 32.2 Å². The van der Waals surface area contributed by atoms with E-state index in [0.717, 1.165) is 35.6 Å². The van der Waals surface area contributed by atoms with Gasteiger partial charge < -0.3 is 10.2 Å². The van der Waals surface area contributed by atoms with Crippen molar-refractivity contribution in [1.29, 1.82) is 0 Å². The van der Waals surface area contributed by atoms with E-state index in [0.29, 0.717) is 0 Å². The third-order valence-electron chi connectivity index (χ3n) is 9.44. The van der Waals surface area contributed by atoms with E-state index in [2.05, 4.69) is 199 Å². The summed E-state index contributed by atoms with van der Waals surface area (Å²) in [7, 11) is 0. The van der Waals surface area contributed by atoms with Crippen molar-refractivity contribution in [3.8, 4) is 33.4 Å². The van der Waals surface area contributed by atoms with E-state index in [1.807, 2.05) is 0 Å². The molecule has 0 bridgehead atoms. The number of hydrogen-bond acceptors (Lipinski definition) is 3. The summed E-state index contributed by atoms with van der Waals surface area (Å²) in [5, 5.41) is 8.60. The van der Waals surface area contributed by atoms with E-state index in [-0.39, 0.29) is 5.54 Å². The van der Waals surface area contributed by atoms with Crippen molar-refractivity contribution in [3.05, 3.63) is 180 Å². The topological polar surface area (TPSA) is 15.3 Å². The smallest absolute Gasteiger partial charge is 0.0626 e. The van der Waals surface area contributed by atoms with Crippen LogP contribution < -0.4 is 10.2 Å². The van der Waals surface area contributed by atoms with Gasteiger partial charge in [-0.05, 0) is 99.9 Å². The summed E-state index contributed by atoms with van der Waals surface area (Å²) in [6.45, 7) is 4.59. The number of thiophene rings is 1. The molecule has 0 aliphatic carbocycles. The second-order valence-corrected chi connectivity index (χ2v) is 12.9. The van der Waals surface area contributed by atoms with Crippen LogP contribution in [0.4, 0.5) is 22.7 Å². The first-order valence-electron chi connectivity index (χ1n) is 16.8. The van der Waals surface area contributed by atoms with Crippen LogP contribution in [-0.4, -0.2) is 0 Å². The van der Waals surface area contributed by atoms with Crippen molar-refractivity contribution in [1.82, 2.24) is 0 Å². The normalized spacial score (nSPS) is 11.3. The highest BCUT2D eigenvalue weighted by atomic mass is 32.1. The summed E-state index contributed by atoms with van der Waals surface area (Å²) < 4.78 is 0. The molecule has 2 nitrogen and oxygen atoms in total. The van der Waals surface area contributed by atoms with Gasteiger partial charge in [0.2, 0.25) is 0 Å². The fraction of sp³-hybridized carbons (Fsp3) is 0.111. The van der Waals surface area contributed by atoms with Crippen LogP contribution in [0, 0.1) is 0 Å². The summed E-state index contributed by atoms with van der Waals surface area (Å²) in [6.07, 6.45) is 1.92. The maximum atomic E-state index is 4.00. The molecule has 6 aromatic carbocycles. The molecule has 0 unspecified atom stereocenters. The van der Waals surface area contributed by atoms with Gasteiger partial charge in [0.05, 0.1) is 5.54 Å². The zero-order valence-electron chi connectivity index (χ0n) is 27.5. The van der Waals surface area contributed by atoms with Crippen LogP contribution in [0.1, 0.15) is 32.3 Å². The predicted octanol–water partition coefficient (Wildman–Crippen LogP) is 13.3. The van der Waals surface area contributed by atoms with Crippen LogP contribution >= 0.6 is 11.3 Å². The van der Waals surface area contributed by atoms with Gasteiger partial charge in [0.25, 0.3) is 0 Å². The van der Waals surface area contributed by atoms with Crippen LogP contribution in [0.15, 0.2) is 175 Å². The van der Waals surface area contributed by atoms with Gasteiger partial charge in [-0.2, -0.15) is 11.3 Å². The number of nitrogens with one attached hydrogen (secondary N) is 1. The van der Waals surface area contributed by atoms with E-state index in [1.165, 1.54) is 38.9 Å². The van der Waals surface area contributed by atoms with Gasteiger partial charge in [-0.1, -0.05) is 129 Å². The SMILES string of the molecule is CCC(CC)(Nc1ccc(-c2ccccc2)cc1)c1ccccc1-c1cscc1-c1ccc(N(c2ccccc2)c2ccccc2)cc1. The van der Waals surface area contributed by atoms with Crippen molar-refractivity contribution in [2.75, 3.05) is 10.2 Å². The molecule has 1 aromatic heterocycles. The molecule has 48 heavy (non-hydrogen) atoms. The van der Waals surface area contributed by atoms with Crippen LogP contribution in [0.25, 0.3) is 33.4 Å². The molecule has 0 amide bonds. The first-order chi connectivity index (χ1) is 23.7. The lowest BCUT2D eigenvalue weighted by atomic mass is 9.79. The average molecular weight is 641 g/mol. The molecule has 1 heterocycles. The summed E-state index contributed by atoms with van der Waals surface area (Å²) in [5.74, 6) is 0. The Bertz CT molecular complexity index is 2000. The Morgan fingerprint density at radius 2 is 0.938 bits per heavy atom. The summed E-state index contributed by atoms with van der Waals surface area (Å²) in [4.78, 5) is 2.31. The average Bonchev–Trinajstić information content (AvgIpc) is 3.66.